The first-order chi connectivity index (χ1) is 17.1. The van der Waals surface area contributed by atoms with Crippen LogP contribution in [0.25, 0.3) is 22.9 Å². The number of amides is 2. The van der Waals surface area contributed by atoms with Crippen molar-refractivity contribution >= 4 is 28.3 Å². The van der Waals surface area contributed by atoms with Crippen molar-refractivity contribution in [2.24, 2.45) is 0 Å². The molecule has 2 N–H and O–H groups in total. The van der Waals surface area contributed by atoms with Crippen LogP contribution in [0.4, 0.5) is 5.13 Å². The zero-order valence-electron chi connectivity index (χ0n) is 18.9. The molecule has 0 unspecified atom stereocenters. The van der Waals surface area contributed by atoms with Crippen molar-refractivity contribution in [1.82, 2.24) is 26.0 Å². The van der Waals surface area contributed by atoms with Crippen LogP contribution in [0.15, 0.2) is 59.0 Å². The molecule has 1 aliphatic heterocycles. The summed E-state index contributed by atoms with van der Waals surface area (Å²) in [4.78, 5) is 32.2. The number of carbonyl (C=O) groups excluding carboxylic acids is 2. The predicted octanol–water partition coefficient (Wildman–Crippen LogP) is 3.08. The van der Waals surface area contributed by atoms with Gasteiger partial charge in [-0.1, -0.05) is 29.5 Å². The molecule has 5 rings (SSSR count). The molecule has 0 aliphatic carbocycles. The minimum atomic E-state index is -0.448. The molecule has 0 saturated carbocycles. The molecule has 0 spiro atoms. The Labute approximate surface area is 204 Å². The molecule has 0 bridgehead atoms. The first kappa shape index (κ1) is 22.7. The molecule has 1 saturated heterocycles. The molecule has 4 aromatic rings. The molecular formula is C24H22N6O4S. The molecule has 3 heterocycles. The van der Waals surface area contributed by atoms with E-state index in [1.165, 1.54) is 11.3 Å². The van der Waals surface area contributed by atoms with Gasteiger partial charge in [-0.3, -0.25) is 20.4 Å². The minimum Gasteiger partial charge on any atom is -0.416 e. The second-order valence-corrected chi connectivity index (χ2v) is 8.75. The first-order valence-electron chi connectivity index (χ1n) is 11.0. The van der Waals surface area contributed by atoms with E-state index in [0.29, 0.717) is 46.7 Å². The first-order valence-corrected chi connectivity index (χ1v) is 11.8. The van der Waals surface area contributed by atoms with E-state index in [9.17, 15) is 9.59 Å². The molecule has 0 radical (unpaired) electrons. The fourth-order valence-electron chi connectivity index (χ4n) is 3.53. The van der Waals surface area contributed by atoms with Crippen molar-refractivity contribution in [2.75, 3.05) is 31.2 Å². The van der Waals surface area contributed by atoms with Crippen LogP contribution in [0.5, 0.6) is 0 Å². The molecule has 10 nitrogen and oxygen atoms in total. The number of benzene rings is 2. The number of hydrazine groups is 1. The number of anilines is 1. The van der Waals surface area contributed by atoms with Gasteiger partial charge in [-0.25, -0.2) is 4.98 Å². The zero-order valence-corrected chi connectivity index (χ0v) is 19.7. The van der Waals surface area contributed by atoms with Crippen LogP contribution in [0.3, 0.4) is 0 Å². The summed E-state index contributed by atoms with van der Waals surface area (Å²) in [5, 5.41) is 8.94. The molecule has 2 aromatic heterocycles. The molecular weight excluding hydrogens is 468 g/mol. The summed E-state index contributed by atoms with van der Waals surface area (Å²) in [6, 6.07) is 16.1. The number of nitrogens with one attached hydrogen (secondary N) is 2. The van der Waals surface area contributed by atoms with Crippen LogP contribution >= 0.6 is 11.3 Å². The molecule has 35 heavy (non-hydrogen) atoms. The second kappa shape index (κ2) is 10.0. The Morgan fingerprint density at radius 2 is 1.51 bits per heavy atom. The van der Waals surface area contributed by atoms with Gasteiger partial charge in [0.05, 0.1) is 18.9 Å². The number of thiazole rings is 1. The standard InChI is InChI=1S/C24H22N6O4S/c1-15-19(35-24(25-15)30-11-13-33-14-12-30)21(32)27-26-20(31)16-7-9-18(10-8-16)23-29-28-22(34-23)17-5-3-2-4-6-17/h2-10H,11-14H2,1H3,(H,26,31)(H,27,32). The topological polar surface area (TPSA) is 122 Å². The Hall–Kier alpha value is -4.09. The number of ether oxygens (including phenoxy) is 1. The highest BCUT2D eigenvalue weighted by atomic mass is 32.1. The number of hydrogen-bond donors (Lipinski definition) is 2. The number of aryl methyl sites for hydroxylation is 1. The SMILES string of the molecule is Cc1nc(N2CCOCC2)sc1C(=O)NNC(=O)c1ccc(-c2nnc(-c3ccccc3)o2)cc1. The van der Waals surface area contributed by atoms with Crippen molar-refractivity contribution in [2.45, 2.75) is 6.92 Å². The van der Waals surface area contributed by atoms with Crippen LogP contribution in [0.2, 0.25) is 0 Å². The molecule has 2 amide bonds. The average molecular weight is 491 g/mol. The maximum atomic E-state index is 12.6. The lowest BCUT2D eigenvalue weighted by molar-refractivity contribution is 0.0848. The summed E-state index contributed by atoms with van der Waals surface area (Å²) in [5.74, 6) is -0.0964. The van der Waals surface area contributed by atoms with E-state index < -0.39 is 11.8 Å². The van der Waals surface area contributed by atoms with Gasteiger partial charge in [-0.05, 0) is 43.3 Å². The van der Waals surface area contributed by atoms with Gasteiger partial charge >= 0.3 is 0 Å². The highest BCUT2D eigenvalue weighted by Crippen LogP contribution is 2.27. The molecule has 2 aromatic carbocycles. The summed E-state index contributed by atoms with van der Waals surface area (Å²) in [7, 11) is 0. The van der Waals surface area contributed by atoms with E-state index >= 15 is 0 Å². The van der Waals surface area contributed by atoms with Gasteiger partial charge in [-0.15, -0.1) is 10.2 Å². The van der Waals surface area contributed by atoms with Crippen molar-refractivity contribution in [1.29, 1.82) is 0 Å². The third-order valence-electron chi connectivity index (χ3n) is 5.40. The Morgan fingerprint density at radius 1 is 0.886 bits per heavy atom. The smallest absolute Gasteiger partial charge is 0.281 e. The van der Waals surface area contributed by atoms with Crippen LogP contribution < -0.4 is 15.8 Å². The fourth-order valence-corrected chi connectivity index (χ4v) is 4.54. The van der Waals surface area contributed by atoms with Crippen LogP contribution in [0.1, 0.15) is 25.7 Å². The van der Waals surface area contributed by atoms with Gasteiger partial charge in [0.25, 0.3) is 11.8 Å². The lowest BCUT2D eigenvalue weighted by Crippen LogP contribution is -2.41. The number of carbonyl (C=O) groups is 2. The van der Waals surface area contributed by atoms with Gasteiger partial charge in [0.2, 0.25) is 11.8 Å². The molecule has 1 fully saturated rings. The number of hydrogen-bond acceptors (Lipinski definition) is 9. The second-order valence-electron chi connectivity index (χ2n) is 7.77. The van der Waals surface area contributed by atoms with Crippen molar-refractivity contribution < 1.29 is 18.7 Å². The lowest BCUT2D eigenvalue weighted by Gasteiger charge is -2.25. The van der Waals surface area contributed by atoms with Crippen LogP contribution in [0, 0.1) is 6.92 Å². The highest BCUT2D eigenvalue weighted by Gasteiger charge is 2.21. The van der Waals surface area contributed by atoms with E-state index in [0.717, 1.165) is 23.8 Å². The normalized spacial score (nSPS) is 13.5. The van der Waals surface area contributed by atoms with Crippen molar-refractivity contribution in [3.05, 3.63) is 70.7 Å². The summed E-state index contributed by atoms with van der Waals surface area (Å²) < 4.78 is 11.1. The minimum absolute atomic E-state index is 0.348. The van der Waals surface area contributed by atoms with Crippen molar-refractivity contribution in [3.8, 4) is 22.9 Å². The van der Waals surface area contributed by atoms with Crippen LogP contribution in [-0.4, -0.2) is 53.3 Å². The Kier molecular flexibility index (Phi) is 6.51. The largest absolute Gasteiger partial charge is 0.416 e. The predicted molar refractivity (Wildman–Crippen MR) is 130 cm³/mol. The highest BCUT2D eigenvalue weighted by molar-refractivity contribution is 7.17. The van der Waals surface area contributed by atoms with E-state index in [-0.39, 0.29) is 0 Å². The lowest BCUT2D eigenvalue weighted by atomic mass is 10.1. The molecule has 11 heteroatoms. The number of nitrogens with zero attached hydrogens (tertiary/aromatic N) is 4. The van der Waals surface area contributed by atoms with Gasteiger partial charge in [-0.2, -0.15) is 0 Å². The van der Waals surface area contributed by atoms with Gasteiger partial charge < -0.3 is 14.1 Å². The van der Waals surface area contributed by atoms with E-state index in [2.05, 4.69) is 30.9 Å². The monoisotopic (exact) mass is 490 g/mol. The average Bonchev–Trinajstić information content (AvgIpc) is 3.56. The van der Waals surface area contributed by atoms with E-state index in [1.54, 1.807) is 31.2 Å². The summed E-state index contributed by atoms with van der Waals surface area (Å²) in [5.41, 5.74) is 7.41. The summed E-state index contributed by atoms with van der Waals surface area (Å²) in [6.45, 7) is 4.51. The fraction of sp³-hybridized carbons (Fsp3) is 0.208. The molecule has 1 aliphatic rings. The maximum absolute atomic E-state index is 12.6. The number of morpholine rings is 1. The Morgan fingerprint density at radius 3 is 2.20 bits per heavy atom. The maximum Gasteiger partial charge on any atom is 0.281 e. The summed E-state index contributed by atoms with van der Waals surface area (Å²) in [6.07, 6.45) is 0. The zero-order chi connectivity index (χ0) is 24.2. The van der Waals surface area contributed by atoms with Gasteiger partial charge in [0, 0.05) is 29.8 Å². The summed E-state index contributed by atoms with van der Waals surface area (Å²) >= 11 is 1.29. The van der Waals surface area contributed by atoms with E-state index in [1.807, 2.05) is 30.3 Å². The molecule has 178 valence electrons. The number of rotatable bonds is 5. The van der Waals surface area contributed by atoms with E-state index in [4.69, 9.17) is 9.15 Å². The number of aromatic nitrogens is 3. The van der Waals surface area contributed by atoms with Crippen LogP contribution in [-0.2, 0) is 4.74 Å². The van der Waals surface area contributed by atoms with Gasteiger partial charge in [0.1, 0.15) is 4.88 Å². The Balaban J connectivity index is 1.20. The Bertz CT molecular complexity index is 1330. The van der Waals surface area contributed by atoms with Gasteiger partial charge in [0.15, 0.2) is 5.13 Å². The third-order valence-corrected chi connectivity index (χ3v) is 6.62. The molecule has 0 atom stereocenters. The quantitative estimate of drug-likeness (QED) is 0.409. The third kappa shape index (κ3) is 5.05. The van der Waals surface area contributed by atoms with Crippen molar-refractivity contribution in [3.63, 3.8) is 0 Å².